The highest BCUT2D eigenvalue weighted by Crippen LogP contribution is 2.19. The van der Waals surface area contributed by atoms with Crippen molar-refractivity contribution in [3.63, 3.8) is 0 Å². The highest BCUT2D eigenvalue weighted by atomic mass is 35.5. The molecule has 6 heteroatoms. The third-order valence-corrected chi connectivity index (χ3v) is 4.36. The second kappa shape index (κ2) is 9.36. The molecular weight excluding hydrogens is 350 g/mol. The Hall–Kier alpha value is -2.37. The summed E-state index contributed by atoms with van der Waals surface area (Å²) >= 11 is 6.04. The van der Waals surface area contributed by atoms with Crippen LogP contribution in [0.5, 0.6) is 0 Å². The van der Waals surface area contributed by atoms with Gasteiger partial charge in [-0.3, -0.25) is 9.59 Å². The number of anilines is 1. The Kier molecular flexibility index (Phi) is 7.18. The van der Waals surface area contributed by atoms with Gasteiger partial charge in [-0.25, -0.2) is 0 Å². The summed E-state index contributed by atoms with van der Waals surface area (Å²) in [5, 5.41) is 3.27. The summed E-state index contributed by atoms with van der Waals surface area (Å²) in [4.78, 5) is 27.0. The lowest BCUT2D eigenvalue weighted by Gasteiger charge is -2.20. The molecule has 0 saturated heterocycles. The zero-order valence-electron chi connectivity index (χ0n) is 15.4. The lowest BCUT2D eigenvalue weighted by Crippen LogP contribution is -3.11. The van der Waals surface area contributed by atoms with E-state index in [1.165, 1.54) is 5.56 Å². The molecule has 0 spiro atoms. The molecule has 0 saturated carbocycles. The molecule has 2 N–H and O–H groups in total. The molecule has 0 aliphatic carbocycles. The van der Waals surface area contributed by atoms with Crippen molar-refractivity contribution in [3.8, 4) is 0 Å². The SMILES string of the molecule is Cc1ccc(CN(C)C(=O)C[NH+](C)CC(=O)Nc2ccccc2Cl)cc1. The highest BCUT2D eigenvalue weighted by Gasteiger charge is 2.18. The van der Waals surface area contributed by atoms with Crippen LogP contribution in [0.2, 0.25) is 5.02 Å². The molecule has 138 valence electrons. The van der Waals surface area contributed by atoms with Crippen LogP contribution in [-0.4, -0.2) is 43.9 Å². The number of likely N-dealkylation sites (N-methyl/N-ethyl adjacent to an activating group) is 2. The van der Waals surface area contributed by atoms with E-state index < -0.39 is 0 Å². The van der Waals surface area contributed by atoms with E-state index in [1.807, 2.05) is 44.3 Å². The number of benzene rings is 2. The van der Waals surface area contributed by atoms with E-state index in [1.54, 1.807) is 30.1 Å². The largest absolute Gasteiger partial charge is 0.337 e. The maximum atomic E-state index is 12.4. The number of rotatable bonds is 7. The van der Waals surface area contributed by atoms with Crippen molar-refractivity contribution in [1.82, 2.24) is 4.90 Å². The fourth-order valence-electron chi connectivity index (χ4n) is 2.54. The van der Waals surface area contributed by atoms with E-state index >= 15 is 0 Å². The Morgan fingerprint density at radius 2 is 1.73 bits per heavy atom. The molecule has 26 heavy (non-hydrogen) atoms. The lowest BCUT2D eigenvalue weighted by molar-refractivity contribution is -0.862. The van der Waals surface area contributed by atoms with Gasteiger partial charge in [-0.1, -0.05) is 53.6 Å². The molecule has 0 fully saturated rings. The summed E-state index contributed by atoms with van der Waals surface area (Å²) in [7, 11) is 3.60. The molecule has 2 aromatic carbocycles. The van der Waals surface area contributed by atoms with Gasteiger partial charge in [0.1, 0.15) is 0 Å². The standard InChI is InChI=1S/C20H24ClN3O2/c1-15-8-10-16(11-9-15)12-24(3)20(26)14-23(2)13-19(25)22-18-7-5-4-6-17(18)21/h4-11H,12-14H2,1-3H3,(H,22,25)/p+1. The maximum Gasteiger partial charge on any atom is 0.279 e. The molecule has 0 aromatic heterocycles. The number of aryl methyl sites for hydroxylation is 1. The molecule has 0 bridgehead atoms. The zero-order chi connectivity index (χ0) is 19.1. The molecular formula is C20H25ClN3O2+. The molecule has 0 aliphatic heterocycles. The maximum absolute atomic E-state index is 12.4. The van der Waals surface area contributed by atoms with Gasteiger partial charge in [-0.2, -0.15) is 0 Å². The summed E-state index contributed by atoms with van der Waals surface area (Å²) in [6.07, 6.45) is 0. The monoisotopic (exact) mass is 374 g/mol. The number of nitrogens with zero attached hydrogens (tertiary/aromatic N) is 1. The third-order valence-electron chi connectivity index (χ3n) is 4.03. The summed E-state index contributed by atoms with van der Waals surface area (Å²) in [5.74, 6) is -0.182. The first-order chi connectivity index (χ1) is 12.3. The van der Waals surface area contributed by atoms with Gasteiger partial charge in [0.15, 0.2) is 13.1 Å². The number of carbonyl (C=O) groups is 2. The second-order valence-corrected chi connectivity index (χ2v) is 6.98. The summed E-state index contributed by atoms with van der Waals surface area (Å²) in [6, 6.07) is 15.2. The molecule has 0 radical (unpaired) electrons. The van der Waals surface area contributed by atoms with Gasteiger partial charge >= 0.3 is 0 Å². The van der Waals surface area contributed by atoms with Crippen LogP contribution >= 0.6 is 11.6 Å². The average Bonchev–Trinajstić information content (AvgIpc) is 2.58. The molecule has 2 aromatic rings. The Morgan fingerprint density at radius 1 is 1.08 bits per heavy atom. The van der Waals surface area contributed by atoms with Gasteiger partial charge in [-0.05, 0) is 24.6 Å². The van der Waals surface area contributed by atoms with Crippen LogP contribution in [0, 0.1) is 6.92 Å². The molecule has 1 unspecified atom stereocenters. The number of quaternary nitrogens is 1. The van der Waals surface area contributed by atoms with Crippen LogP contribution in [0.3, 0.4) is 0 Å². The predicted molar refractivity (Wildman–Crippen MR) is 104 cm³/mol. The summed E-state index contributed by atoms with van der Waals surface area (Å²) in [5.41, 5.74) is 2.85. The number of hydrogen-bond acceptors (Lipinski definition) is 2. The van der Waals surface area contributed by atoms with Gasteiger partial charge in [0.05, 0.1) is 17.8 Å². The Bertz CT molecular complexity index is 762. The minimum absolute atomic E-state index is 0.00591. The van der Waals surface area contributed by atoms with Crippen LogP contribution in [0.15, 0.2) is 48.5 Å². The number of para-hydroxylation sites is 1. The smallest absolute Gasteiger partial charge is 0.279 e. The zero-order valence-corrected chi connectivity index (χ0v) is 16.1. The number of carbonyl (C=O) groups excluding carboxylic acids is 2. The number of amides is 2. The van der Waals surface area contributed by atoms with Gasteiger partial charge in [-0.15, -0.1) is 0 Å². The van der Waals surface area contributed by atoms with E-state index in [4.69, 9.17) is 11.6 Å². The molecule has 2 rings (SSSR count). The first kappa shape index (κ1) is 19.9. The van der Waals surface area contributed by atoms with Crippen LogP contribution in [0.1, 0.15) is 11.1 Å². The quantitative estimate of drug-likeness (QED) is 0.776. The van der Waals surface area contributed by atoms with E-state index in [0.717, 1.165) is 10.5 Å². The molecule has 0 aliphatic rings. The van der Waals surface area contributed by atoms with Crippen LogP contribution in [0.25, 0.3) is 0 Å². The molecule has 2 amide bonds. The van der Waals surface area contributed by atoms with Crippen LogP contribution in [0.4, 0.5) is 5.69 Å². The topological polar surface area (TPSA) is 53.9 Å². The fraction of sp³-hybridized carbons (Fsp3) is 0.300. The third kappa shape index (κ3) is 6.17. The Labute approximate surface area is 159 Å². The number of halogens is 1. The van der Waals surface area contributed by atoms with Gasteiger partial charge in [0.25, 0.3) is 11.8 Å². The van der Waals surface area contributed by atoms with Crippen molar-refractivity contribution in [2.75, 3.05) is 32.5 Å². The van der Waals surface area contributed by atoms with Crippen LogP contribution < -0.4 is 10.2 Å². The molecule has 0 heterocycles. The summed E-state index contributed by atoms with van der Waals surface area (Å²) in [6.45, 7) is 3.02. The van der Waals surface area contributed by atoms with E-state index in [0.29, 0.717) is 17.3 Å². The van der Waals surface area contributed by atoms with Gasteiger partial charge in [0.2, 0.25) is 0 Å². The van der Waals surface area contributed by atoms with Gasteiger partial charge in [0, 0.05) is 13.6 Å². The van der Waals surface area contributed by atoms with Crippen molar-refractivity contribution >= 4 is 29.1 Å². The van der Waals surface area contributed by atoms with Crippen molar-refractivity contribution in [3.05, 3.63) is 64.7 Å². The summed E-state index contributed by atoms with van der Waals surface area (Å²) < 4.78 is 0. The normalized spacial score (nSPS) is 11.7. The van der Waals surface area contributed by atoms with Crippen LogP contribution in [-0.2, 0) is 16.1 Å². The minimum atomic E-state index is -0.176. The van der Waals surface area contributed by atoms with Crippen molar-refractivity contribution < 1.29 is 14.5 Å². The fourth-order valence-corrected chi connectivity index (χ4v) is 2.73. The Balaban J connectivity index is 1.81. The van der Waals surface area contributed by atoms with Gasteiger partial charge < -0.3 is 15.1 Å². The Morgan fingerprint density at radius 3 is 2.38 bits per heavy atom. The first-order valence-corrected chi connectivity index (χ1v) is 8.88. The average molecular weight is 375 g/mol. The second-order valence-electron chi connectivity index (χ2n) is 6.57. The predicted octanol–water partition coefficient (Wildman–Crippen LogP) is 1.76. The lowest BCUT2D eigenvalue weighted by atomic mass is 10.1. The van der Waals surface area contributed by atoms with Crippen molar-refractivity contribution in [2.24, 2.45) is 0 Å². The van der Waals surface area contributed by atoms with E-state index in [-0.39, 0.29) is 24.9 Å². The van der Waals surface area contributed by atoms with Crippen molar-refractivity contribution in [2.45, 2.75) is 13.5 Å². The molecule has 1 atom stereocenters. The number of hydrogen-bond donors (Lipinski definition) is 2. The highest BCUT2D eigenvalue weighted by molar-refractivity contribution is 6.33. The molecule has 5 nitrogen and oxygen atoms in total. The van der Waals surface area contributed by atoms with Crippen molar-refractivity contribution in [1.29, 1.82) is 0 Å². The number of nitrogens with one attached hydrogen (secondary N) is 2. The first-order valence-electron chi connectivity index (χ1n) is 8.50. The van der Waals surface area contributed by atoms with E-state index in [9.17, 15) is 9.59 Å². The minimum Gasteiger partial charge on any atom is -0.337 e. The van der Waals surface area contributed by atoms with E-state index in [2.05, 4.69) is 5.32 Å².